The van der Waals surface area contributed by atoms with Crippen molar-refractivity contribution in [1.82, 2.24) is 10.0 Å². The molecule has 0 heterocycles. The number of nitrogens with two attached hydrogens (primary N) is 1. The molecule has 0 radical (unpaired) electrons. The fourth-order valence-corrected chi connectivity index (χ4v) is 3.69. The molecule has 0 saturated carbocycles. The summed E-state index contributed by atoms with van der Waals surface area (Å²) in [5.41, 5.74) is 4.83. The van der Waals surface area contributed by atoms with E-state index in [0.717, 1.165) is 24.3 Å². The quantitative estimate of drug-likeness (QED) is 0.639. The number of halogens is 3. The summed E-state index contributed by atoms with van der Waals surface area (Å²) >= 11 is 0. The minimum absolute atomic E-state index is 0.0701. The summed E-state index contributed by atoms with van der Waals surface area (Å²) in [4.78, 5) is 11.5. The fraction of sp³-hybridized carbons (Fsp3) is 0.533. The van der Waals surface area contributed by atoms with Crippen molar-refractivity contribution in [2.75, 3.05) is 13.1 Å². The molecule has 0 atom stereocenters. The van der Waals surface area contributed by atoms with E-state index in [1.807, 2.05) is 13.8 Å². The Kier molecular flexibility index (Phi) is 6.98. The molecule has 25 heavy (non-hydrogen) atoms. The molecule has 1 aromatic carbocycles. The Morgan fingerprint density at radius 2 is 1.64 bits per heavy atom. The number of amides is 1. The first-order valence-electron chi connectivity index (χ1n) is 7.67. The van der Waals surface area contributed by atoms with Crippen LogP contribution in [0.5, 0.6) is 0 Å². The molecule has 0 unspecified atom stereocenters. The minimum atomic E-state index is -4.52. The fourth-order valence-electron chi connectivity index (χ4n) is 2.14. The van der Waals surface area contributed by atoms with E-state index in [4.69, 9.17) is 5.73 Å². The summed E-state index contributed by atoms with van der Waals surface area (Å²) in [6.07, 6.45) is -3.52. The van der Waals surface area contributed by atoms with E-state index in [-0.39, 0.29) is 17.0 Å². The first-order valence-corrected chi connectivity index (χ1v) is 9.16. The average molecular weight is 381 g/mol. The number of carbonyl (C=O) groups excluding carboxylic acids is 1. The summed E-state index contributed by atoms with van der Waals surface area (Å²) in [5.74, 6) is -0.937. The van der Waals surface area contributed by atoms with Gasteiger partial charge in [-0.3, -0.25) is 4.79 Å². The lowest BCUT2D eigenvalue weighted by Crippen LogP contribution is -2.52. The molecule has 0 spiro atoms. The molecule has 1 amide bonds. The lowest BCUT2D eigenvalue weighted by atomic mass is 9.95. The highest BCUT2D eigenvalue weighted by Crippen LogP contribution is 2.19. The molecule has 0 aliphatic heterocycles. The second-order valence-electron chi connectivity index (χ2n) is 5.62. The molecular formula is C15H22F3N3O3S. The van der Waals surface area contributed by atoms with Gasteiger partial charge in [0, 0.05) is 17.6 Å². The molecule has 0 aliphatic carbocycles. The van der Waals surface area contributed by atoms with Crippen LogP contribution in [0.1, 0.15) is 37.0 Å². The number of rotatable bonds is 8. The summed E-state index contributed by atoms with van der Waals surface area (Å²) in [6.45, 7) is 2.29. The van der Waals surface area contributed by atoms with Crippen molar-refractivity contribution < 1.29 is 26.4 Å². The van der Waals surface area contributed by atoms with Gasteiger partial charge >= 0.3 is 6.18 Å². The third-order valence-corrected chi connectivity index (χ3v) is 5.57. The van der Waals surface area contributed by atoms with Crippen LogP contribution in [0.4, 0.5) is 13.2 Å². The average Bonchev–Trinajstić information content (AvgIpc) is 2.57. The van der Waals surface area contributed by atoms with Gasteiger partial charge in [0.2, 0.25) is 10.0 Å². The van der Waals surface area contributed by atoms with Crippen molar-refractivity contribution in [1.29, 1.82) is 0 Å². The van der Waals surface area contributed by atoms with E-state index in [1.165, 1.54) is 0 Å². The van der Waals surface area contributed by atoms with Gasteiger partial charge in [-0.25, -0.2) is 13.1 Å². The molecule has 1 aromatic rings. The van der Waals surface area contributed by atoms with E-state index in [1.54, 1.807) is 5.32 Å². The Morgan fingerprint density at radius 3 is 2.04 bits per heavy atom. The highest BCUT2D eigenvalue weighted by atomic mass is 32.2. The summed E-state index contributed by atoms with van der Waals surface area (Å²) in [6, 6.07) is 4.64. The van der Waals surface area contributed by atoms with Gasteiger partial charge in [-0.15, -0.1) is 0 Å². The van der Waals surface area contributed by atoms with E-state index in [2.05, 4.69) is 4.72 Å². The summed E-state index contributed by atoms with van der Waals surface area (Å²) in [7, 11) is -3.87. The van der Waals surface area contributed by atoms with Crippen molar-refractivity contribution in [2.24, 2.45) is 5.73 Å². The predicted molar refractivity (Wildman–Crippen MR) is 87.5 cm³/mol. The van der Waals surface area contributed by atoms with Crippen LogP contribution < -0.4 is 15.8 Å². The monoisotopic (exact) mass is 381 g/mol. The van der Waals surface area contributed by atoms with Gasteiger partial charge in [0.1, 0.15) is 6.54 Å². The van der Waals surface area contributed by atoms with Crippen LogP contribution in [0.25, 0.3) is 0 Å². The largest absolute Gasteiger partial charge is 0.405 e. The molecule has 0 aromatic heterocycles. The second kappa shape index (κ2) is 8.15. The number of benzene rings is 1. The Bertz CT molecular complexity index is 676. The number of hydrogen-bond acceptors (Lipinski definition) is 4. The number of sulfonamides is 1. The molecule has 142 valence electrons. The second-order valence-corrected chi connectivity index (χ2v) is 7.30. The Morgan fingerprint density at radius 1 is 1.12 bits per heavy atom. The number of carbonyl (C=O) groups is 1. The number of hydrogen-bond donors (Lipinski definition) is 3. The van der Waals surface area contributed by atoms with Crippen LogP contribution in [-0.2, 0) is 10.0 Å². The van der Waals surface area contributed by atoms with Gasteiger partial charge in [-0.2, -0.15) is 13.2 Å². The summed E-state index contributed by atoms with van der Waals surface area (Å²) in [5, 5.41) is 1.72. The molecule has 0 aliphatic rings. The van der Waals surface area contributed by atoms with Crippen LogP contribution >= 0.6 is 0 Å². The SMILES string of the molecule is CCC(CC)(CN)NS(=O)(=O)c1ccc(C(=O)NCC(F)(F)F)cc1. The number of alkyl halides is 3. The van der Waals surface area contributed by atoms with Crippen molar-refractivity contribution >= 4 is 15.9 Å². The Balaban J connectivity index is 2.92. The van der Waals surface area contributed by atoms with Gasteiger partial charge in [-0.05, 0) is 37.1 Å². The van der Waals surface area contributed by atoms with Crippen molar-refractivity contribution in [3.8, 4) is 0 Å². The van der Waals surface area contributed by atoms with Crippen LogP contribution in [0.15, 0.2) is 29.2 Å². The van der Waals surface area contributed by atoms with Crippen LogP contribution in [0, 0.1) is 0 Å². The Labute approximate surface area is 145 Å². The maximum atomic E-state index is 12.4. The maximum absolute atomic E-state index is 12.4. The van der Waals surface area contributed by atoms with Gasteiger partial charge in [0.15, 0.2) is 0 Å². The maximum Gasteiger partial charge on any atom is 0.405 e. The van der Waals surface area contributed by atoms with Crippen molar-refractivity contribution in [3.05, 3.63) is 29.8 Å². The topological polar surface area (TPSA) is 101 Å². The molecule has 10 heteroatoms. The highest BCUT2D eigenvalue weighted by Gasteiger charge is 2.31. The van der Waals surface area contributed by atoms with Gasteiger partial charge in [-0.1, -0.05) is 13.8 Å². The van der Waals surface area contributed by atoms with Gasteiger partial charge in [0.05, 0.1) is 4.90 Å². The third kappa shape index (κ3) is 5.98. The minimum Gasteiger partial charge on any atom is -0.343 e. The molecule has 4 N–H and O–H groups in total. The molecule has 6 nitrogen and oxygen atoms in total. The first kappa shape index (κ1) is 21.4. The first-order chi connectivity index (χ1) is 11.5. The normalized spacial score (nSPS) is 12.9. The smallest absolute Gasteiger partial charge is 0.343 e. The molecule has 1 rings (SSSR count). The highest BCUT2D eigenvalue weighted by molar-refractivity contribution is 7.89. The zero-order chi connectivity index (χ0) is 19.3. The van der Waals surface area contributed by atoms with Crippen LogP contribution in [-0.4, -0.2) is 39.1 Å². The lowest BCUT2D eigenvalue weighted by molar-refractivity contribution is -0.123. The summed E-state index contributed by atoms with van der Waals surface area (Å²) < 4.78 is 63.8. The van der Waals surface area contributed by atoms with Crippen LogP contribution in [0.3, 0.4) is 0 Å². The standard InChI is InChI=1S/C15H22F3N3O3S/c1-3-14(4-2,9-19)21-25(23,24)12-7-5-11(6-8-12)13(22)20-10-15(16,17)18/h5-8,21H,3-4,9-10,19H2,1-2H3,(H,20,22). The molecule has 0 bridgehead atoms. The van der Waals surface area contributed by atoms with E-state index >= 15 is 0 Å². The van der Waals surface area contributed by atoms with E-state index < -0.39 is 34.2 Å². The molecule has 0 saturated heterocycles. The Hall–Kier alpha value is -1.65. The van der Waals surface area contributed by atoms with E-state index in [9.17, 15) is 26.4 Å². The zero-order valence-electron chi connectivity index (χ0n) is 14.0. The van der Waals surface area contributed by atoms with Crippen molar-refractivity contribution in [3.63, 3.8) is 0 Å². The van der Waals surface area contributed by atoms with Gasteiger partial charge < -0.3 is 11.1 Å². The van der Waals surface area contributed by atoms with Gasteiger partial charge in [0.25, 0.3) is 5.91 Å². The van der Waals surface area contributed by atoms with E-state index in [0.29, 0.717) is 12.8 Å². The molecule has 0 fully saturated rings. The third-order valence-electron chi connectivity index (χ3n) is 3.97. The predicted octanol–water partition coefficient (Wildman–Crippen LogP) is 1.77. The lowest BCUT2D eigenvalue weighted by Gasteiger charge is -2.31. The molecular weight excluding hydrogens is 359 g/mol. The van der Waals surface area contributed by atoms with Crippen LogP contribution in [0.2, 0.25) is 0 Å². The van der Waals surface area contributed by atoms with Crippen molar-refractivity contribution in [2.45, 2.75) is 43.3 Å². The number of nitrogens with one attached hydrogen (secondary N) is 2. The zero-order valence-corrected chi connectivity index (χ0v) is 14.8.